The lowest BCUT2D eigenvalue weighted by Gasteiger charge is -2.16. The van der Waals surface area contributed by atoms with Crippen molar-refractivity contribution in [1.82, 2.24) is 10.3 Å². The summed E-state index contributed by atoms with van der Waals surface area (Å²) in [5.74, 6) is 0.934. The van der Waals surface area contributed by atoms with Crippen LogP contribution in [0.1, 0.15) is 35.3 Å². The molecule has 0 aliphatic rings. The number of ether oxygens (including phenoxy) is 1. The van der Waals surface area contributed by atoms with E-state index < -0.39 is 0 Å². The van der Waals surface area contributed by atoms with Crippen LogP contribution < -0.4 is 10.1 Å². The third kappa shape index (κ3) is 3.17. The smallest absolute Gasteiger partial charge is 0.128 e. The Balaban J connectivity index is 2.08. The molecule has 20 heavy (non-hydrogen) atoms. The van der Waals surface area contributed by atoms with E-state index >= 15 is 0 Å². The third-order valence-corrected chi connectivity index (χ3v) is 3.63. The highest BCUT2D eigenvalue weighted by molar-refractivity contribution is 5.41. The van der Waals surface area contributed by atoms with E-state index in [0.717, 1.165) is 29.1 Å². The molecule has 2 rings (SSSR count). The second-order valence-corrected chi connectivity index (χ2v) is 5.06. The topological polar surface area (TPSA) is 34.1 Å². The Morgan fingerprint density at radius 1 is 1.20 bits per heavy atom. The Bertz CT molecular complexity index is 567. The van der Waals surface area contributed by atoms with Crippen LogP contribution in [0.25, 0.3) is 0 Å². The maximum atomic E-state index is 5.44. The van der Waals surface area contributed by atoms with E-state index in [1.54, 1.807) is 7.11 Å². The number of rotatable bonds is 5. The molecular formula is C17H22N2O. The van der Waals surface area contributed by atoms with Gasteiger partial charge in [-0.15, -0.1) is 0 Å². The largest absolute Gasteiger partial charge is 0.496 e. The van der Waals surface area contributed by atoms with Crippen LogP contribution >= 0.6 is 0 Å². The molecule has 106 valence electrons. The maximum Gasteiger partial charge on any atom is 0.128 e. The van der Waals surface area contributed by atoms with Crippen molar-refractivity contribution >= 4 is 0 Å². The fourth-order valence-electron chi connectivity index (χ4n) is 2.36. The molecule has 1 N–H and O–H groups in total. The standard InChI is InChI=1S/C17H22N2O/c1-12-10-19-16(13(2)17(12)20-4)11-18-14(3)15-8-6-5-7-9-15/h5-10,14,18H,11H2,1-4H3. The van der Waals surface area contributed by atoms with Crippen LogP contribution in [0, 0.1) is 13.8 Å². The van der Waals surface area contributed by atoms with Crippen molar-refractivity contribution in [2.45, 2.75) is 33.4 Å². The number of aryl methyl sites for hydroxylation is 1. The van der Waals surface area contributed by atoms with Crippen molar-refractivity contribution in [2.24, 2.45) is 0 Å². The first-order chi connectivity index (χ1) is 9.63. The summed E-state index contributed by atoms with van der Waals surface area (Å²) in [5.41, 5.74) is 4.50. The van der Waals surface area contributed by atoms with Crippen molar-refractivity contribution < 1.29 is 4.74 Å². The van der Waals surface area contributed by atoms with Crippen LogP contribution in [0.15, 0.2) is 36.5 Å². The van der Waals surface area contributed by atoms with Crippen molar-refractivity contribution in [3.05, 3.63) is 58.9 Å². The molecule has 0 aliphatic carbocycles. The zero-order valence-electron chi connectivity index (χ0n) is 12.6. The quantitative estimate of drug-likeness (QED) is 0.902. The highest BCUT2D eigenvalue weighted by atomic mass is 16.5. The van der Waals surface area contributed by atoms with E-state index in [2.05, 4.69) is 48.4 Å². The summed E-state index contributed by atoms with van der Waals surface area (Å²) >= 11 is 0. The van der Waals surface area contributed by atoms with Crippen LogP contribution in [0.3, 0.4) is 0 Å². The maximum absolute atomic E-state index is 5.44. The number of aromatic nitrogens is 1. The molecule has 0 bridgehead atoms. The summed E-state index contributed by atoms with van der Waals surface area (Å²) in [6, 6.07) is 10.7. The summed E-state index contributed by atoms with van der Waals surface area (Å²) < 4.78 is 5.44. The van der Waals surface area contributed by atoms with Gasteiger partial charge in [0.1, 0.15) is 5.75 Å². The lowest BCUT2D eigenvalue weighted by atomic mass is 10.1. The Kier molecular flexibility index (Phi) is 4.74. The Labute approximate surface area is 121 Å². The SMILES string of the molecule is COc1c(C)cnc(CNC(C)c2ccccc2)c1C. The first-order valence-electron chi connectivity index (χ1n) is 6.91. The third-order valence-electron chi connectivity index (χ3n) is 3.63. The van der Waals surface area contributed by atoms with Gasteiger partial charge in [-0.1, -0.05) is 30.3 Å². The molecule has 0 spiro atoms. The predicted molar refractivity (Wildman–Crippen MR) is 82.0 cm³/mol. The highest BCUT2D eigenvalue weighted by Crippen LogP contribution is 2.24. The van der Waals surface area contributed by atoms with Crippen molar-refractivity contribution in [2.75, 3.05) is 7.11 Å². The van der Waals surface area contributed by atoms with Gasteiger partial charge >= 0.3 is 0 Å². The predicted octanol–water partition coefficient (Wildman–Crippen LogP) is 3.56. The van der Waals surface area contributed by atoms with Crippen molar-refractivity contribution in [3.8, 4) is 5.75 Å². The summed E-state index contributed by atoms with van der Waals surface area (Å²) in [6.07, 6.45) is 1.87. The summed E-state index contributed by atoms with van der Waals surface area (Å²) in [4.78, 5) is 4.51. The normalized spacial score (nSPS) is 12.2. The number of methoxy groups -OCH3 is 1. The zero-order chi connectivity index (χ0) is 14.5. The number of nitrogens with zero attached hydrogens (tertiary/aromatic N) is 1. The Morgan fingerprint density at radius 2 is 1.90 bits per heavy atom. The second-order valence-electron chi connectivity index (χ2n) is 5.06. The van der Waals surface area contributed by atoms with Gasteiger partial charge in [-0.2, -0.15) is 0 Å². The van der Waals surface area contributed by atoms with Gasteiger partial charge in [0.15, 0.2) is 0 Å². The lowest BCUT2D eigenvalue weighted by molar-refractivity contribution is 0.406. The molecule has 2 aromatic rings. The number of pyridine rings is 1. The first kappa shape index (κ1) is 14.5. The van der Waals surface area contributed by atoms with E-state index in [9.17, 15) is 0 Å². The van der Waals surface area contributed by atoms with E-state index in [1.807, 2.05) is 19.2 Å². The number of hydrogen-bond donors (Lipinski definition) is 1. The van der Waals surface area contributed by atoms with Gasteiger partial charge in [0.2, 0.25) is 0 Å². The van der Waals surface area contributed by atoms with E-state index in [1.165, 1.54) is 5.56 Å². The number of benzene rings is 1. The summed E-state index contributed by atoms with van der Waals surface area (Å²) in [7, 11) is 1.71. The van der Waals surface area contributed by atoms with Crippen LogP contribution in [0.4, 0.5) is 0 Å². The molecular weight excluding hydrogens is 248 g/mol. The van der Waals surface area contributed by atoms with Crippen molar-refractivity contribution in [3.63, 3.8) is 0 Å². The zero-order valence-corrected chi connectivity index (χ0v) is 12.6. The minimum atomic E-state index is 0.296. The molecule has 1 heterocycles. The molecule has 3 heteroatoms. The summed E-state index contributed by atoms with van der Waals surface area (Å²) in [5, 5.41) is 3.51. The van der Waals surface area contributed by atoms with E-state index in [-0.39, 0.29) is 0 Å². The average molecular weight is 270 g/mol. The van der Waals surface area contributed by atoms with Gasteiger partial charge < -0.3 is 10.1 Å². The van der Waals surface area contributed by atoms with Gasteiger partial charge in [0, 0.05) is 29.9 Å². The molecule has 3 nitrogen and oxygen atoms in total. The lowest BCUT2D eigenvalue weighted by Crippen LogP contribution is -2.19. The first-order valence-corrected chi connectivity index (χ1v) is 6.91. The number of hydrogen-bond acceptors (Lipinski definition) is 3. The molecule has 0 saturated heterocycles. The molecule has 0 fully saturated rings. The van der Waals surface area contributed by atoms with Gasteiger partial charge in [-0.05, 0) is 26.3 Å². The van der Waals surface area contributed by atoms with Gasteiger partial charge in [-0.3, -0.25) is 4.98 Å². The fourth-order valence-corrected chi connectivity index (χ4v) is 2.36. The van der Waals surface area contributed by atoms with Crippen LogP contribution in [-0.2, 0) is 6.54 Å². The van der Waals surface area contributed by atoms with Crippen molar-refractivity contribution in [1.29, 1.82) is 0 Å². The molecule has 1 unspecified atom stereocenters. The van der Waals surface area contributed by atoms with Crippen LogP contribution in [-0.4, -0.2) is 12.1 Å². The minimum Gasteiger partial charge on any atom is -0.496 e. The molecule has 0 saturated carbocycles. The molecule has 0 radical (unpaired) electrons. The number of nitrogens with one attached hydrogen (secondary N) is 1. The van der Waals surface area contributed by atoms with E-state index in [0.29, 0.717) is 6.04 Å². The summed E-state index contributed by atoms with van der Waals surface area (Å²) in [6.45, 7) is 6.97. The molecule has 1 aromatic carbocycles. The average Bonchev–Trinajstić information content (AvgIpc) is 2.47. The minimum absolute atomic E-state index is 0.296. The van der Waals surface area contributed by atoms with Gasteiger partial charge in [0.05, 0.1) is 12.8 Å². The van der Waals surface area contributed by atoms with Gasteiger partial charge in [-0.25, -0.2) is 0 Å². The Morgan fingerprint density at radius 3 is 2.55 bits per heavy atom. The monoisotopic (exact) mass is 270 g/mol. The Hall–Kier alpha value is -1.87. The van der Waals surface area contributed by atoms with Crippen LogP contribution in [0.2, 0.25) is 0 Å². The molecule has 0 aliphatic heterocycles. The second kappa shape index (κ2) is 6.53. The van der Waals surface area contributed by atoms with Crippen LogP contribution in [0.5, 0.6) is 5.75 Å². The van der Waals surface area contributed by atoms with Gasteiger partial charge in [0.25, 0.3) is 0 Å². The highest BCUT2D eigenvalue weighted by Gasteiger charge is 2.11. The molecule has 1 atom stereocenters. The molecule has 1 aromatic heterocycles. The molecule has 0 amide bonds. The fraction of sp³-hybridized carbons (Fsp3) is 0.353. The van der Waals surface area contributed by atoms with E-state index in [4.69, 9.17) is 4.74 Å².